The number of carbonyl (C=O) groups excluding carboxylic acids is 1. The number of allylic oxidation sites excluding steroid dienone is 1. The third-order valence-corrected chi connectivity index (χ3v) is 3.16. The summed E-state index contributed by atoms with van der Waals surface area (Å²) >= 11 is 0. The van der Waals surface area contributed by atoms with Crippen molar-refractivity contribution in [1.29, 1.82) is 0 Å². The molecule has 1 saturated heterocycles. The van der Waals surface area contributed by atoms with Gasteiger partial charge in [0.1, 0.15) is 11.9 Å². The molecule has 1 rings (SSSR count). The predicted molar refractivity (Wildman–Crippen MR) is 76.8 cm³/mol. The third kappa shape index (κ3) is 4.21. The van der Waals surface area contributed by atoms with Crippen molar-refractivity contribution in [2.24, 2.45) is 16.5 Å². The quantitative estimate of drug-likeness (QED) is 0.494. The Bertz CT molecular complexity index is 406. The minimum atomic E-state index is -0.420. The number of amides is 1. The van der Waals surface area contributed by atoms with Gasteiger partial charge in [-0.1, -0.05) is 13.3 Å². The standard InChI is InChI=1S/C13H24N4O3/c1-3-4-9(14)11(15)12(16-2)13(19)17-10-6-5-8(7-18)20-10/h8,10,18H,3-7,14-15H2,1-2H3,(H,17,19). The molecule has 7 heteroatoms. The molecular weight excluding hydrogens is 260 g/mol. The zero-order chi connectivity index (χ0) is 15.1. The van der Waals surface area contributed by atoms with E-state index < -0.39 is 12.1 Å². The molecule has 2 unspecified atom stereocenters. The van der Waals surface area contributed by atoms with Gasteiger partial charge < -0.3 is 26.6 Å². The maximum absolute atomic E-state index is 12.1. The molecule has 0 aromatic rings. The van der Waals surface area contributed by atoms with E-state index in [9.17, 15) is 4.79 Å². The highest BCUT2D eigenvalue weighted by atomic mass is 16.5. The van der Waals surface area contributed by atoms with E-state index in [2.05, 4.69) is 10.3 Å². The van der Waals surface area contributed by atoms with Gasteiger partial charge in [-0.05, 0) is 19.3 Å². The SMILES string of the molecule is CCCC(N)=C(N)C(=NC)C(=O)NC1CCC(CO)O1. The van der Waals surface area contributed by atoms with Crippen LogP contribution in [-0.4, -0.2) is 42.7 Å². The van der Waals surface area contributed by atoms with Crippen LogP contribution in [0.5, 0.6) is 0 Å². The van der Waals surface area contributed by atoms with Crippen LogP contribution in [0, 0.1) is 0 Å². The fourth-order valence-corrected chi connectivity index (χ4v) is 2.06. The van der Waals surface area contributed by atoms with Gasteiger partial charge in [-0.15, -0.1) is 0 Å². The molecule has 0 bridgehead atoms. The number of nitrogens with one attached hydrogen (secondary N) is 1. The van der Waals surface area contributed by atoms with Gasteiger partial charge in [0.15, 0.2) is 0 Å². The third-order valence-electron chi connectivity index (χ3n) is 3.16. The Morgan fingerprint density at radius 1 is 1.45 bits per heavy atom. The number of aliphatic hydroxyl groups is 1. The fraction of sp³-hybridized carbons (Fsp3) is 0.692. The first-order chi connectivity index (χ1) is 9.53. The number of hydrogen-bond donors (Lipinski definition) is 4. The Morgan fingerprint density at radius 2 is 2.15 bits per heavy atom. The lowest BCUT2D eigenvalue weighted by molar-refractivity contribution is -0.119. The molecule has 1 aliphatic heterocycles. The highest BCUT2D eigenvalue weighted by Crippen LogP contribution is 2.17. The van der Waals surface area contributed by atoms with E-state index in [1.807, 2.05) is 6.92 Å². The summed E-state index contributed by atoms with van der Waals surface area (Å²) in [6, 6.07) is 0. The lowest BCUT2D eigenvalue weighted by Gasteiger charge is -2.15. The van der Waals surface area contributed by atoms with Crippen molar-refractivity contribution in [1.82, 2.24) is 5.32 Å². The van der Waals surface area contributed by atoms with Crippen LogP contribution in [-0.2, 0) is 9.53 Å². The lowest BCUT2D eigenvalue weighted by Crippen LogP contribution is -2.42. The Labute approximate surface area is 119 Å². The second-order valence-corrected chi connectivity index (χ2v) is 4.74. The summed E-state index contributed by atoms with van der Waals surface area (Å²) in [7, 11) is 1.49. The molecular formula is C13H24N4O3. The Balaban J connectivity index is 2.67. The lowest BCUT2D eigenvalue weighted by atomic mass is 10.1. The Hall–Kier alpha value is -1.60. The van der Waals surface area contributed by atoms with Crippen molar-refractivity contribution in [2.45, 2.75) is 44.9 Å². The van der Waals surface area contributed by atoms with Crippen LogP contribution >= 0.6 is 0 Å². The number of hydrogen-bond acceptors (Lipinski definition) is 6. The van der Waals surface area contributed by atoms with E-state index in [1.54, 1.807) is 0 Å². The molecule has 0 aliphatic carbocycles. The number of ether oxygens (including phenoxy) is 1. The van der Waals surface area contributed by atoms with Crippen molar-refractivity contribution in [3.05, 3.63) is 11.4 Å². The molecule has 0 aromatic carbocycles. The average molecular weight is 284 g/mol. The molecule has 7 nitrogen and oxygen atoms in total. The van der Waals surface area contributed by atoms with Crippen LogP contribution in [0.3, 0.4) is 0 Å². The topological polar surface area (TPSA) is 123 Å². The summed E-state index contributed by atoms with van der Waals surface area (Å²) in [4.78, 5) is 16.0. The number of aliphatic imine (C=N–C) groups is 1. The minimum Gasteiger partial charge on any atom is -0.400 e. The van der Waals surface area contributed by atoms with Gasteiger partial charge in [-0.25, -0.2) is 0 Å². The van der Waals surface area contributed by atoms with Crippen molar-refractivity contribution in [3.8, 4) is 0 Å². The van der Waals surface area contributed by atoms with E-state index >= 15 is 0 Å². The first kappa shape index (κ1) is 16.5. The fourth-order valence-electron chi connectivity index (χ4n) is 2.06. The van der Waals surface area contributed by atoms with Crippen LogP contribution < -0.4 is 16.8 Å². The van der Waals surface area contributed by atoms with E-state index in [-0.39, 0.29) is 24.1 Å². The monoisotopic (exact) mass is 284 g/mol. The minimum absolute atomic E-state index is 0.0490. The average Bonchev–Trinajstić information content (AvgIpc) is 2.87. The number of carbonyl (C=O) groups is 1. The highest BCUT2D eigenvalue weighted by molar-refractivity contribution is 6.45. The van der Waals surface area contributed by atoms with E-state index in [0.29, 0.717) is 25.0 Å². The summed E-state index contributed by atoms with van der Waals surface area (Å²) < 4.78 is 5.44. The second-order valence-electron chi connectivity index (χ2n) is 4.74. The van der Waals surface area contributed by atoms with Gasteiger partial charge in [0.2, 0.25) is 0 Å². The van der Waals surface area contributed by atoms with E-state index in [1.165, 1.54) is 7.05 Å². The van der Waals surface area contributed by atoms with Crippen molar-refractivity contribution in [3.63, 3.8) is 0 Å². The summed E-state index contributed by atoms with van der Waals surface area (Å²) in [6.07, 6.45) is 2.18. The molecule has 0 spiro atoms. The first-order valence-electron chi connectivity index (χ1n) is 6.81. The normalized spacial score (nSPS) is 24.4. The van der Waals surface area contributed by atoms with Gasteiger partial charge in [0, 0.05) is 12.7 Å². The van der Waals surface area contributed by atoms with Gasteiger partial charge in [-0.3, -0.25) is 9.79 Å². The largest absolute Gasteiger partial charge is 0.400 e. The number of rotatable bonds is 6. The van der Waals surface area contributed by atoms with Crippen molar-refractivity contribution in [2.75, 3.05) is 13.7 Å². The van der Waals surface area contributed by atoms with Crippen LogP contribution in [0.25, 0.3) is 0 Å². The van der Waals surface area contributed by atoms with Crippen LogP contribution in [0.1, 0.15) is 32.6 Å². The van der Waals surface area contributed by atoms with Crippen molar-refractivity contribution < 1.29 is 14.6 Å². The Morgan fingerprint density at radius 3 is 2.65 bits per heavy atom. The molecule has 1 heterocycles. The number of aliphatic hydroxyl groups excluding tert-OH is 1. The molecule has 1 aliphatic rings. The van der Waals surface area contributed by atoms with Gasteiger partial charge >= 0.3 is 0 Å². The van der Waals surface area contributed by atoms with Crippen molar-refractivity contribution >= 4 is 11.6 Å². The highest BCUT2D eigenvalue weighted by Gasteiger charge is 2.27. The maximum Gasteiger partial charge on any atom is 0.273 e. The summed E-state index contributed by atoms with van der Waals surface area (Å²) in [5.41, 5.74) is 12.5. The van der Waals surface area contributed by atoms with Crippen LogP contribution in [0.15, 0.2) is 16.4 Å². The van der Waals surface area contributed by atoms with E-state index in [4.69, 9.17) is 21.3 Å². The summed E-state index contributed by atoms with van der Waals surface area (Å²) in [5, 5.41) is 11.7. The second kappa shape index (κ2) is 7.86. The number of nitrogens with zero attached hydrogens (tertiary/aromatic N) is 1. The molecule has 1 fully saturated rings. The smallest absolute Gasteiger partial charge is 0.273 e. The molecule has 0 radical (unpaired) electrons. The van der Waals surface area contributed by atoms with Crippen LogP contribution in [0.4, 0.5) is 0 Å². The summed E-state index contributed by atoms with van der Waals surface area (Å²) in [6.45, 7) is 1.93. The molecule has 1 amide bonds. The molecule has 2 atom stereocenters. The predicted octanol–water partition coefficient (Wildman–Crippen LogP) is -0.400. The molecule has 114 valence electrons. The van der Waals surface area contributed by atoms with Gasteiger partial charge in [0.25, 0.3) is 5.91 Å². The zero-order valence-corrected chi connectivity index (χ0v) is 12.1. The molecule has 0 saturated carbocycles. The van der Waals surface area contributed by atoms with Crippen LogP contribution in [0.2, 0.25) is 0 Å². The Kier molecular flexibility index (Phi) is 6.47. The molecule has 0 aromatic heterocycles. The summed E-state index contributed by atoms with van der Waals surface area (Å²) in [5.74, 6) is -0.410. The number of nitrogens with two attached hydrogens (primary N) is 2. The molecule has 20 heavy (non-hydrogen) atoms. The van der Waals surface area contributed by atoms with E-state index in [0.717, 1.165) is 6.42 Å². The zero-order valence-electron chi connectivity index (χ0n) is 12.1. The maximum atomic E-state index is 12.1. The van der Waals surface area contributed by atoms with Gasteiger partial charge in [-0.2, -0.15) is 0 Å². The van der Waals surface area contributed by atoms with Gasteiger partial charge in [0.05, 0.1) is 18.4 Å². The molecule has 6 N–H and O–H groups in total. The first-order valence-corrected chi connectivity index (χ1v) is 6.81.